The summed E-state index contributed by atoms with van der Waals surface area (Å²) in [7, 11) is 0. The third-order valence-electron chi connectivity index (χ3n) is 14.1. The zero-order valence-electron chi connectivity index (χ0n) is 35.7. The van der Waals surface area contributed by atoms with Gasteiger partial charge in [0.05, 0.1) is 0 Å². The number of hydrogen-bond acceptors (Lipinski definition) is 4. The zero-order chi connectivity index (χ0) is 43.0. The van der Waals surface area contributed by atoms with Crippen molar-refractivity contribution in [1.82, 2.24) is 9.97 Å². The number of benzene rings is 11. The van der Waals surface area contributed by atoms with Gasteiger partial charge in [-0.1, -0.05) is 178 Å². The number of oxazole rings is 2. The molecular weight excluding hydrogens is 793 g/mol. The lowest BCUT2D eigenvalue weighted by molar-refractivity contribution is 0.620. The van der Waals surface area contributed by atoms with Gasteiger partial charge in [-0.15, -0.1) is 0 Å². The van der Waals surface area contributed by atoms with Gasteiger partial charge in [-0.2, -0.15) is 0 Å². The highest BCUT2D eigenvalue weighted by atomic mass is 16.4. The van der Waals surface area contributed by atoms with Crippen molar-refractivity contribution >= 4 is 76.1 Å². The molecule has 11 aromatic carbocycles. The lowest BCUT2D eigenvalue weighted by Crippen LogP contribution is -2.15. The van der Waals surface area contributed by atoms with Gasteiger partial charge in [0, 0.05) is 38.1 Å². The average molecular weight is 831 g/mol. The molecule has 1 aliphatic rings. The number of hydrogen-bond donors (Lipinski definition) is 0. The van der Waals surface area contributed by atoms with Crippen LogP contribution in [-0.2, 0) is 5.41 Å². The van der Waals surface area contributed by atoms with E-state index in [1.54, 1.807) is 0 Å². The number of aromatic nitrogens is 2. The van der Waals surface area contributed by atoms with Crippen molar-refractivity contribution in [2.75, 3.05) is 0 Å². The van der Waals surface area contributed by atoms with E-state index in [2.05, 4.69) is 208 Å². The summed E-state index contributed by atoms with van der Waals surface area (Å²) in [5, 5.41) is 11.4. The molecule has 0 atom stereocenters. The predicted octanol–water partition coefficient (Wildman–Crippen LogP) is 16.7. The molecule has 0 radical (unpaired) electrons. The molecule has 304 valence electrons. The molecule has 0 aliphatic heterocycles. The molecule has 65 heavy (non-hydrogen) atoms. The summed E-state index contributed by atoms with van der Waals surface area (Å²) >= 11 is 0. The van der Waals surface area contributed by atoms with Gasteiger partial charge in [-0.25, -0.2) is 9.97 Å². The van der Waals surface area contributed by atoms with Crippen molar-refractivity contribution in [3.8, 4) is 56.3 Å². The molecule has 0 saturated carbocycles. The molecule has 0 fully saturated rings. The Kier molecular flexibility index (Phi) is 7.42. The number of fused-ring (bicyclic) bond motifs is 17. The van der Waals surface area contributed by atoms with Crippen LogP contribution in [-0.4, -0.2) is 9.97 Å². The van der Waals surface area contributed by atoms with Crippen LogP contribution in [0, 0.1) is 0 Å². The maximum Gasteiger partial charge on any atom is 0.227 e. The van der Waals surface area contributed by atoms with Gasteiger partial charge in [0.2, 0.25) is 11.8 Å². The minimum atomic E-state index is -0.141. The Hall–Kier alpha value is -8.34. The topological polar surface area (TPSA) is 52.1 Å². The molecule has 0 saturated heterocycles. The van der Waals surface area contributed by atoms with E-state index in [0.29, 0.717) is 11.8 Å². The van der Waals surface area contributed by atoms with Crippen molar-refractivity contribution in [3.63, 3.8) is 0 Å². The minimum Gasteiger partial charge on any atom is -0.435 e. The van der Waals surface area contributed by atoms with Crippen molar-refractivity contribution in [2.45, 2.75) is 19.3 Å². The Morgan fingerprint density at radius 3 is 1.37 bits per heavy atom. The molecule has 13 aromatic rings. The second-order valence-corrected chi connectivity index (χ2v) is 18.1. The van der Waals surface area contributed by atoms with Gasteiger partial charge < -0.3 is 8.83 Å². The van der Waals surface area contributed by atoms with Crippen LogP contribution in [0.25, 0.3) is 132 Å². The third kappa shape index (κ3) is 5.25. The lowest BCUT2D eigenvalue weighted by atomic mass is 9.81. The highest BCUT2D eigenvalue weighted by Crippen LogP contribution is 2.52. The lowest BCUT2D eigenvalue weighted by Gasteiger charge is -2.22. The molecule has 2 heterocycles. The Morgan fingerprint density at radius 1 is 0.338 bits per heavy atom. The van der Waals surface area contributed by atoms with Crippen LogP contribution in [0.3, 0.4) is 0 Å². The number of rotatable bonds is 4. The van der Waals surface area contributed by atoms with Crippen LogP contribution in [0.5, 0.6) is 0 Å². The fourth-order valence-corrected chi connectivity index (χ4v) is 10.9. The second kappa shape index (κ2) is 13.3. The monoisotopic (exact) mass is 830 g/mol. The fraction of sp³-hybridized carbons (Fsp3) is 0.0492. The number of nitrogens with zero attached hydrogens (tertiary/aromatic N) is 2. The first kappa shape index (κ1) is 36.2. The van der Waals surface area contributed by atoms with Crippen LogP contribution in [0.4, 0.5) is 0 Å². The molecule has 0 unspecified atom stereocenters. The van der Waals surface area contributed by atoms with Crippen LogP contribution in [0.2, 0.25) is 0 Å². The van der Waals surface area contributed by atoms with E-state index in [0.717, 1.165) is 93.1 Å². The molecule has 0 N–H and O–H groups in total. The van der Waals surface area contributed by atoms with E-state index in [9.17, 15) is 0 Å². The average Bonchev–Trinajstić information content (AvgIpc) is 4.08. The molecular formula is C61H38N2O2. The first-order chi connectivity index (χ1) is 32.0. The molecule has 4 heteroatoms. The highest BCUT2D eigenvalue weighted by molar-refractivity contribution is 6.24. The molecule has 2 aromatic heterocycles. The van der Waals surface area contributed by atoms with Crippen molar-refractivity contribution in [2.24, 2.45) is 0 Å². The van der Waals surface area contributed by atoms with E-state index in [4.69, 9.17) is 18.8 Å². The Bertz CT molecular complexity index is 3850. The molecule has 0 amide bonds. The van der Waals surface area contributed by atoms with Gasteiger partial charge in [-0.3, -0.25) is 0 Å². The summed E-state index contributed by atoms with van der Waals surface area (Å²) in [4.78, 5) is 10.6. The van der Waals surface area contributed by atoms with Crippen molar-refractivity contribution in [3.05, 3.63) is 205 Å². The van der Waals surface area contributed by atoms with Gasteiger partial charge >= 0.3 is 0 Å². The standard InChI is InChI=1S/C61H38N2O2/c1-61(2)52-29-27-35-14-3-4-17-42(35)54(52)51-28-26-38(34-53(51)61)36-15-13-16-37(30-36)39-31-40(59-62-55-47-22-9-5-18-43(47)45-20-7-11-24-49(45)57(55)64-59)33-41(32-39)60-63-56-48-23-10-6-19-44(48)46-21-8-12-25-50(46)58(56)65-60/h3-34H,1-2H3. The Balaban J connectivity index is 0.967. The zero-order valence-corrected chi connectivity index (χ0v) is 35.7. The maximum atomic E-state index is 6.88. The summed E-state index contributed by atoms with van der Waals surface area (Å²) in [5.74, 6) is 1.08. The van der Waals surface area contributed by atoms with E-state index in [1.807, 2.05) is 0 Å². The molecule has 0 spiro atoms. The maximum absolute atomic E-state index is 6.88. The van der Waals surface area contributed by atoms with E-state index in [1.165, 1.54) is 38.6 Å². The molecule has 14 rings (SSSR count). The van der Waals surface area contributed by atoms with Gasteiger partial charge in [0.1, 0.15) is 11.0 Å². The predicted molar refractivity (Wildman–Crippen MR) is 268 cm³/mol. The SMILES string of the molecule is CC1(C)c2cc(-c3cccc(-c4cc(-c5nc6c7ccccc7c7ccccc7c6o5)cc(-c5nc6c7ccccc7c7ccccc7c6o5)c4)c3)ccc2-c2c1ccc1ccccc21. The van der Waals surface area contributed by atoms with E-state index >= 15 is 0 Å². The van der Waals surface area contributed by atoms with Gasteiger partial charge in [-0.05, 0) is 107 Å². The third-order valence-corrected chi connectivity index (χ3v) is 14.1. The summed E-state index contributed by atoms with van der Waals surface area (Å²) in [6.07, 6.45) is 0. The second-order valence-electron chi connectivity index (χ2n) is 18.1. The molecule has 0 bridgehead atoms. The summed E-state index contributed by atoms with van der Waals surface area (Å²) in [5.41, 5.74) is 14.6. The quantitative estimate of drug-likeness (QED) is 0.166. The van der Waals surface area contributed by atoms with Crippen molar-refractivity contribution in [1.29, 1.82) is 0 Å². The van der Waals surface area contributed by atoms with Crippen LogP contribution in [0.15, 0.2) is 203 Å². The molecule has 4 nitrogen and oxygen atoms in total. The largest absolute Gasteiger partial charge is 0.435 e. The fourth-order valence-electron chi connectivity index (χ4n) is 10.9. The summed E-state index contributed by atoms with van der Waals surface area (Å²) in [6.45, 7) is 4.71. The van der Waals surface area contributed by atoms with Crippen molar-refractivity contribution < 1.29 is 8.83 Å². The van der Waals surface area contributed by atoms with Crippen LogP contribution in [0.1, 0.15) is 25.0 Å². The minimum absolute atomic E-state index is 0.141. The Morgan fingerprint density at radius 2 is 0.785 bits per heavy atom. The van der Waals surface area contributed by atoms with E-state index < -0.39 is 0 Å². The normalized spacial score (nSPS) is 13.2. The molecule has 1 aliphatic carbocycles. The van der Waals surface area contributed by atoms with Crippen LogP contribution < -0.4 is 0 Å². The van der Waals surface area contributed by atoms with E-state index in [-0.39, 0.29) is 5.41 Å². The first-order valence-electron chi connectivity index (χ1n) is 22.3. The van der Waals surface area contributed by atoms with Crippen LogP contribution >= 0.6 is 0 Å². The smallest absolute Gasteiger partial charge is 0.227 e. The van der Waals surface area contributed by atoms with Gasteiger partial charge in [0.15, 0.2) is 11.2 Å². The summed E-state index contributed by atoms with van der Waals surface area (Å²) < 4.78 is 13.8. The highest BCUT2D eigenvalue weighted by Gasteiger charge is 2.36. The van der Waals surface area contributed by atoms with Gasteiger partial charge in [0.25, 0.3) is 0 Å². The summed E-state index contributed by atoms with van der Waals surface area (Å²) in [6, 6.07) is 69.5. The first-order valence-corrected chi connectivity index (χ1v) is 22.3. The Labute approximate surface area is 374 Å².